The molecule has 0 radical (unpaired) electrons. The average molecular weight is 289 g/mol. The van der Waals surface area contributed by atoms with Crippen LogP contribution in [-0.4, -0.2) is 43.0 Å². The van der Waals surface area contributed by atoms with Gasteiger partial charge >= 0.3 is 0 Å². The summed E-state index contributed by atoms with van der Waals surface area (Å²) >= 11 is 0. The molecule has 21 heavy (non-hydrogen) atoms. The standard InChI is InChI=1S/C17H27N3O/c1-4-9-20(16-7-8-18-11-16)12-17(21)19-15-6-5-13(2)14(3)10-15/h5-6,10,16,18H,4,7-9,11-12H2,1-3H3,(H,19,21). The molecule has 4 heteroatoms. The van der Waals surface area contributed by atoms with Gasteiger partial charge in [0.05, 0.1) is 6.54 Å². The minimum absolute atomic E-state index is 0.0820. The lowest BCUT2D eigenvalue weighted by atomic mass is 10.1. The van der Waals surface area contributed by atoms with Crippen LogP contribution < -0.4 is 10.6 Å². The van der Waals surface area contributed by atoms with Crippen LogP contribution in [0.15, 0.2) is 18.2 Å². The summed E-state index contributed by atoms with van der Waals surface area (Å²) in [6.45, 7) is 9.83. The van der Waals surface area contributed by atoms with Gasteiger partial charge in [0, 0.05) is 18.3 Å². The number of rotatable bonds is 6. The van der Waals surface area contributed by atoms with Gasteiger partial charge < -0.3 is 10.6 Å². The van der Waals surface area contributed by atoms with E-state index in [0.717, 1.165) is 38.2 Å². The summed E-state index contributed by atoms with van der Waals surface area (Å²) < 4.78 is 0. The van der Waals surface area contributed by atoms with E-state index in [4.69, 9.17) is 0 Å². The molecule has 1 aromatic rings. The Kier molecular flexibility index (Phi) is 5.76. The van der Waals surface area contributed by atoms with Crippen LogP contribution in [0.2, 0.25) is 0 Å². The molecule has 1 saturated heterocycles. The average Bonchev–Trinajstić information content (AvgIpc) is 2.96. The monoisotopic (exact) mass is 289 g/mol. The van der Waals surface area contributed by atoms with Crippen molar-refractivity contribution in [1.82, 2.24) is 10.2 Å². The summed E-state index contributed by atoms with van der Waals surface area (Å²) in [4.78, 5) is 14.6. The van der Waals surface area contributed by atoms with E-state index in [1.807, 2.05) is 12.1 Å². The van der Waals surface area contributed by atoms with Crippen LogP contribution in [0, 0.1) is 13.8 Å². The predicted molar refractivity (Wildman–Crippen MR) is 87.7 cm³/mol. The Morgan fingerprint density at radius 2 is 2.19 bits per heavy atom. The molecule has 2 rings (SSSR count). The molecule has 2 N–H and O–H groups in total. The molecular weight excluding hydrogens is 262 g/mol. The number of aryl methyl sites for hydroxylation is 2. The third-order valence-electron chi connectivity index (χ3n) is 4.20. The molecule has 1 aromatic carbocycles. The van der Waals surface area contributed by atoms with Gasteiger partial charge in [0.15, 0.2) is 0 Å². The van der Waals surface area contributed by atoms with E-state index in [9.17, 15) is 4.79 Å². The molecule has 116 valence electrons. The van der Waals surface area contributed by atoms with Crippen molar-refractivity contribution in [2.24, 2.45) is 0 Å². The molecule has 1 aliphatic rings. The number of anilines is 1. The van der Waals surface area contributed by atoms with Crippen molar-refractivity contribution >= 4 is 11.6 Å². The van der Waals surface area contributed by atoms with E-state index in [0.29, 0.717) is 12.6 Å². The van der Waals surface area contributed by atoms with Crippen molar-refractivity contribution in [3.63, 3.8) is 0 Å². The van der Waals surface area contributed by atoms with Gasteiger partial charge in [-0.3, -0.25) is 9.69 Å². The number of benzene rings is 1. The molecule has 0 bridgehead atoms. The van der Waals surface area contributed by atoms with Gasteiger partial charge in [-0.05, 0) is 63.0 Å². The van der Waals surface area contributed by atoms with E-state index in [2.05, 4.69) is 42.4 Å². The van der Waals surface area contributed by atoms with Crippen molar-refractivity contribution < 1.29 is 4.79 Å². The highest BCUT2D eigenvalue weighted by Crippen LogP contribution is 2.15. The molecule has 1 fully saturated rings. The Bertz CT molecular complexity index is 481. The zero-order valence-electron chi connectivity index (χ0n) is 13.4. The number of carbonyl (C=O) groups excluding carboxylic acids is 1. The largest absolute Gasteiger partial charge is 0.325 e. The Hall–Kier alpha value is -1.39. The zero-order chi connectivity index (χ0) is 15.2. The van der Waals surface area contributed by atoms with Crippen molar-refractivity contribution in [2.75, 3.05) is 31.5 Å². The summed E-state index contributed by atoms with van der Waals surface area (Å²) in [5.41, 5.74) is 3.35. The molecule has 4 nitrogen and oxygen atoms in total. The highest BCUT2D eigenvalue weighted by molar-refractivity contribution is 5.92. The van der Waals surface area contributed by atoms with Crippen LogP contribution in [0.25, 0.3) is 0 Å². The fraction of sp³-hybridized carbons (Fsp3) is 0.588. The van der Waals surface area contributed by atoms with Gasteiger partial charge in [0.25, 0.3) is 0 Å². The lowest BCUT2D eigenvalue weighted by Crippen LogP contribution is -2.42. The van der Waals surface area contributed by atoms with Gasteiger partial charge in [-0.15, -0.1) is 0 Å². The summed E-state index contributed by atoms with van der Waals surface area (Å²) in [5.74, 6) is 0.0820. The molecular formula is C17H27N3O. The maximum absolute atomic E-state index is 12.3. The van der Waals surface area contributed by atoms with Crippen molar-refractivity contribution in [3.05, 3.63) is 29.3 Å². The Balaban J connectivity index is 1.93. The van der Waals surface area contributed by atoms with Gasteiger partial charge in [-0.1, -0.05) is 13.0 Å². The maximum atomic E-state index is 12.3. The second kappa shape index (κ2) is 7.57. The molecule has 1 amide bonds. The van der Waals surface area contributed by atoms with Gasteiger partial charge in [-0.2, -0.15) is 0 Å². The lowest BCUT2D eigenvalue weighted by molar-refractivity contribution is -0.117. The molecule has 0 aromatic heterocycles. The van der Waals surface area contributed by atoms with Gasteiger partial charge in [0.2, 0.25) is 5.91 Å². The van der Waals surface area contributed by atoms with Crippen LogP contribution in [0.4, 0.5) is 5.69 Å². The molecule has 1 atom stereocenters. The number of hydrogen-bond acceptors (Lipinski definition) is 3. The summed E-state index contributed by atoms with van der Waals surface area (Å²) in [7, 11) is 0. The second-order valence-corrected chi connectivity index (χ2v) is 5.96. The first kappa shape index (κ1) is 16.0. The zero-order valence-corrected chi connectivity index (χ0v) is 13.4. The fourth-order valence-electron chi connectivity index (χ4n) is 2.83. The Morgan fingerprint density at radius 1 is 1.38 bits per heavy atom. The molecule has 0 saturated carbocycles. The van der Waals surface area contributed by atoms with Crippen LogP contribution >= 0.6 is 0 Å². The topological polar surface area (TPSA) is 44.4 Å². The van der Waals surface area contributed by atoms with Crippen LogP contribution in [-0.2, 0) is 4.79 Å². The van der Waals surface area contributed by atoms with Crippen molar-refractivity contribution in [2.45, 2.75) is 39.7 Å². The van der Waals surface area contributed by atoms with E-state index >= 15 is 0 Å². The molecule has 1 aliphatic heterocycles. The number of carbonyl (C=O) groups is 1. The third-order valence-corrected chi connectivity index (χ3v) is 4.20. The minimum Gasteiger partial charge on any atom is -0.325 e. The first-order valence-electron chi connectivity index (χ1n) is 7.92. The van der Waals surface area contributed by atoms with Crippen LogP contribution in [0.5, 0.6) is 0 Å². The minimum atomic E-state index is 0.0820. The number of amides is 1. The van der Waals surface area contributed by atoms with Gasteiger partial charge in [-0.25, -0.2) is 0 Å². The normalized spacial score (nSPS) is 18.2. The molecule has 1 heterocycles. The first-order chi connectivity index (χ1) is 10.1. The second-order valence-electron chi connectivity index (χ2n) is 5.96. The van der Waals surface area contributed by atoms with Gasteiger partial charge in [0.1, 0.15) is 0 Å². The molecule has 0 aliphatic carbocycles. The Morgan fingerprint density at radius 3 is 2.81 bits per heavy atom. The van der Waals surface area contributed by atoms with Crippen molar-refractivity contribution in [3.8, 4) is 0 Å². The highest BCUT2D eigenvalue weighted by Gasteiger charge is 2.23. The molecule has 0 spiro atoms. The predicted octanol–water partition coefficient (Wildman–Crippen LogP) is 2.32. The quantitative estimate of drug-likeness (QED) is 0.845. The highest BCUT2D eigenvalue weighted by atomic mass is 16.2. The van der Waals surface area contributed by atoms with Crippen molar-refractivity contribution in [1.29, 1.82) is 0 Å². The summed E-state index contributed by atoms with van der Waals surface area (Å²) in [6.07, 6.45) is 2.21. The summed E-state index contributed by atoms with van der Waals surface area (Å²) in [6, 6.07) is 6.56. The number of nitrogens with one attached hydrogen (secondary N) is 2. The third kappa shape index (κ3) is 4.55. The van der Waals surface area contributed by atoms with E-state index in [1.54, 1.807) is 0 Å². The maximum Gasteiger partial charge on any atom is 0.238 e. The SMILES string of the molecule is CCCN(CC(=O)Nc1ccc(C)c(C)c1)C1CCNC1. The van der Waals surface area contributed by atoms with Crippen LogP contribution in [0.1, 0.15) is 30.9 Å². The fourth-order valence-corrected chi connectivity index (χ4v) is 2.83. The van der Waals surface area contributed by atoms with Crippen LogP contribution in [0.3, 0.4) is 0 Å². The first-order valence-corrected chi connectivity index (χ1v) is 7.92. The summed E-state index contributed by atoms with van der Waals surface area (Å²) in [5, 5.41) is 6.40. The number of nitrogens with zero attached hydrogens (tertiary/aromatic N) is 1. The Labute approximate surface area is 127 Å². The van der Waals surface area contributed by atoms with E-state index < -0.39 is 0 Å². The van der Waals surface area contributed by atoms with E-state index in [1.165, 1.54) is 11.1 Å². The number of hydrogen-bond donors (Lipinski definition) is 2. The smallest absolute Gasteiger partial charge is 0.238 e. The molecule has 1 unspecified atom stereocenters. The lowest BCUT2D eigenvalue weighted by Gasteiger charge is -2.27. The van der Waals surface area contributed by atoms with E-state index in [-0.39, 0.29) is 5.91 Å².